The molecule has 0 spiro atoms. The third-order valence-electron chi connectivity index (χ3n) is 14.8. The van der Waals surface area contributed by atoms with Crippen LogP contribution in [0, 0.1) is 5.92 Å². The number of carbonyl (C=O) groups is 3. The molecule has 0 N–H and O–H groups in total. The second-order valence-corrected chi connectivity index (χ2v) is 22.5. The summed E-state index contributed by atoms with van der Waals surface area (Å²) in [6, 6.07) is 0. The Hall–Kier alpha value is -1.59. The van der Waals surface area contributed by atoms with Crippen LogP contribution in [0.1, 0.15) is 368 Å². The van der Waals surface area contributed by atoms with Gasteiger partial charge in [-0.15, -0.1) is 0 Å². The largest absolute Gasteiger partial charge is 0.462 e. The Balaban J connectivity index is 4.27. The van der Waals surface area contributed by atoms with Crippen LogP contribution >= 0.6 is 0 Å². The summed E-state index contributed by atoms with van der Waals surface area (Å²) in [5.41, 5.74) is 0. The lowest BCUT2D eigenvalue weighted by Crippen LogP contribution is -2.30. The van der Waals surface area contributed by atoms with Crippen LogP contribution in [0.3, 0.4) is 0 Å². The van der Waals surface area contributed by atoms with Gasteiger partial charge in [0, 0.05) is 19.3 Å². The number of esters is 3. The van der Waals surface area contributed by atoms with Crippen LogP contribution in [0.4, 0.5) is 0 Å². The van der Waals surface area contributed by atoms with Gasteiger partial charge in [-0.25, -0.2) is 0 Å². The van der Waals surface area contributed by atoms with E-state index in [-0.39, 0.29) is 31.1 Å². The van der Waals surface area contributed by atoms with Gasteiger partial charge in [-0.1, -0.05) is 329 Å². The predicted octanol–water partition coefficient (Wildman–Crippen LogP) is 21.4. The molecule has 0 aromatic rings. The van der Waals surface area contributed by atoms with Gasteiger partial charge < -0.3 is 14.2 Å². The Morgan fingerprint density at radius 2 is 0.471 bits per heavy atom. The average molecular weight is 990 g/mol. The minimum absolute atomic E-state index is 0.0611. The van der Waals surface area contributed by atoms with Gasteiger partial charge in [0.05, 0.1) is 0 Å². The molecule has 0 heterocycles. The molecule has 6 heteroatoms. The maximum atomic E-state index is 12.9. The van der Waals surface area contributed by atoms with Crippen LogP contribution in [0.25, 0.3) is 0 Å². The normalized spacial score (nSPS) is 12.0. The fourth-order valence-corrected chi connectivity index (χ4v) is 9.99. The molecule has 0 aliphatic heterocycles. The maximum absolute atomic E-state index is 12.9. The van der Waals surface area contributed by atoms with E-state index in [1.54, 1.807) is 0 Å². The van der Waals surface area contributed by atoms with Crippen LogP contribution < -0.4 is 0 Å². The van der Waals surface area contributed by atoms with Gasteiger partial charge in [-0.2, -0.15) is 0 Å². The molecule has 0 aliphatic rings. The Bertz CT molecular complexity index is 1060. The number of ether oxygens (including phenoxy) is 3. The number of unbranched alkanes of at least 4 members (excludes halogenated alkanes) is 46. The fourth-order valence-electron chi connectivity index (χ4n) is 9.99. The van der Waals surface area contributed by atoms with Gasteiger partial charge in [-0.3, -0.25) is 14.4 Å². The molecular weight excluding hydrogens is 865 g/mol. The van der Waals surface area contributed by atoms with Gasteiger partial charge in [0.1, 0.15) is 13.2 Å². The van der Waals surface area contributed by atoms with Gasteiger partial charge in [-0.05, 0) is 25.2 Å². The molecular formula is C64H124O6. The second kappa shape index (κ2) is 58.3. The zero-order valence-corrected chi connectivity index (χ0v) is 48.0. The maximum Gasteiger partial charge on any atom is 0.306 e. The first-order chi connectivity index (χ1) is 34.4. The van der Waals surface area contributed by atoms with Crippen LogP contribution in [-0.2, 0) is 28.6 Å². The van der Waals surface area contributed by atoms with Crippen LogP contribution in [-0.4, -0.2) is 37.2 Å². The lowest BCUT2D eigenvalue weighted by molar-refractivity contribution is -0.167. The van der Waals surface area contributed by atoms with Gasteiger partial charge in [0.2, 0.25) is 0 Å². The number of hydrogen-bond acceptors (Lipinski definition) is 6. The molecule has 0 saturated carbocycles. The van der Waals surface area contributed by atoms with Crippen molar-refractivity contribution in [3.05, 3.63) is 0 Å². The van der Waals surface area contributed by atoms with Crippen molar-refractivity contribution in [1.29, 1.82) is 0 Å². The summed E-state index contributed by atoms with van der Waals surface area (Å²) in [7, 11) is 0. The van der Waals surface area contributed by atoms with Gasteiger partial charge >= 0.3 is 17.9 Å². The predicted molar refractivity (Wildman–Crippen MR) is 303 cm³/mol. The summed E-state index contributed by atoms with van der Waals surface area (Å²) >= 11 is 0. The first-order valence-corrected chi connectivity index (χ1v) is 31.9. The summed E-state index contributed by atoms with van der Waals surface area (Å²) in [6.07, 6.45) is 65.3. The molecule has 0 aliphatic carbocycles. The summed E-state index contributed by atoms with van der Waals surface area (Å²) in [6.45, 7) is 9.10. The highest BCUT2D eigenvalue weighted by atomic mass is 16.6. The Kier molecular flexibility index (Phi) is 57.0. The molecule has 416 valence electrons. The lowest BCUT2D eigenvalue weighted by atomic mass is 10.0. The molecule has 0 aromatic carbocycles. The number of rotatable bonds is 59. The molecule has 0 rings (SSSR count). The minimum Gasteiger partial charge on any atom is -0.462 e. The van der Waals surface area contributed by atoms with Crippen molar-refractivity contribution in [3.8, 4) is 0 Å². The van der Waals surface area contributed by atoms with E-state index in [9.17, 15) is 14.4 Å². The molecule has 0 saturated heterocycles. The third-order valence-corrected chi connectivity index (χ3v) is 14.8. The smallest absolute Gasteiger partial charge is 0.306 e. The Morgan fingerprint density at radius 1 is 0.271 bits per heavy atom. The van der Waals surface area contributed by atoms with E-state index in [4.69, 9.17) is 14.2 Å². The highest BCUT2D eigenvalue weighted by molar-refractivity contribution is 5.71. The van der Waals surface area contributed by atoms with Gasteiger partial charge in [0.25, 0.3) is 0 Å². The fraction of sp³-hybridized carbons (Fsp3) is 0.953. The Labute approximate surface area is 438 Å². The standard InChI is InChI=1S/C64H124O6/c1-5-7-9-11-13-15-17-19-21-28-32-36-40-44-48-52-56-63(66)69-59-61(58-68-62(65)55-51-47-43-39-35-31-26-20-18-16-14-12-10-8-6-2)70-64(67)57-53-49-45-41-37-33-29-25-23-22-24-27-30-34-38-42-46-50-54-60(3)4/h60-61H,5-59H2,1-4H3/t61-/m1/s1. The molecule has 0 bridgehead atoms. The van der Waals surface area contributed by atoms with Crippen molar-refractivity contribution in [2.45, 2.75) is 374 Å². The Morgan fingerprint density at radius 3 is 0.700 bits per heavy atom. The molecule has 6 nitrogen and oxygen atoms in total. The summed E-state index contributed by atoms with van der Waals surface area (Å²) in [5.74, 6) is 0.0312. The van der Waals surface area contributed by atoms with Crippen LogP contribution in [0.15, 0.2) is 0 Å². The molecule has 1 atom stereocenters. The van der Waals surface area contributed by atoms with Crippen LogP contribution in [0.2, 0.25) is 0 Å². The molecule has 0 amide bonds. The van der Waals surface area contributed by atoms with E-state index in [2.05, 4.69) is 27.7 Å². The SMILES string of the molecule is CCCCCCCCCCCCCCCCCCC(=O)OC[C@@H](COC(=O)CCCCCCCCCCCCCCCCC)OC(=O)CCCCCCCCCCCCCCCCCCCCC(C)C. The number of carbonyl (C=O) groups excluding carboxylic acids is 3. The summed E-state index contributed by atoms with van der Waals surface area (Å²) < 4.78 is 17.0. The van der Waals surface area contributed by atoms with E-state index in [0.717, 1.165) is 63.7 Å². The van der Waals surface area contributed by atoms with Crippen LogP contribution in [0.5, 0.6) is 0 Å². The van der Waals surface area contributed by atoms with Gasteiger partial charge in [0.15, 0.2) is 6.10 Å². The summed E-state index contributed by atoms with van der Waals surface area (Å²) in [5, 5.41) is 0. The van der Waals surface area contributed by atoms with E-state index >= 15 is 0 Å². The van der Waals surface area contributed by atoms with Crippen molar-refractivity contribution >= 4 is 17.9 Å². The second-order valence-electron chi connectivity index (χ2n) is 22.5. The molecule has 0 aromatic heterocycles. The van der Waals surface area contributed by atoms with E-state index in [1.165, 1.54) is 263 Å². The highest BCUT2D eigenvalue weighted by Gasteiger charge is 2.19. The highest BCUT2D eigenvalue weighted by Crippen LogP contribution is 2.19. The van der Waals surface area contributed by atoms with Crippen molar-refractivity contribution in [1.82, 2.24) is 0 Å². The van der Waals surface area contributed by atoms with Crippen molar-refractivity contribution in [2.24, 2.45) is 5.92 Å². The van der Waals surface area contributed by atoms with Crippen molar-refractivity contribution < 1.29 is 28.6 Å². The van der Waals surface area contributed by atoms with Crippen molar-refractivity contribution in [3.63, 3.8) is 0 Å². The zero-order chi connectivity index (χ0) is 50.9. The lowest BCUT2D eigenvalue weighted by Gasteiger charge is -2.18. The first-order valence-electron chi connectivity index (χ1n) is 31.9. The van der Waals surface area contributed by atoms with Crippen molar-refractivity contribution in [2.75, 3.05) is 13.2 Å². The van der Waals surface area contributed by atoms with E-state index in [1.807, 2.05) is 0 Å². The zero-order valence-electron chi connectivity index (χ0n) is 48.0. The monoisotopic (exact) mass is 989 g/mol. The first kappa shape index (κ1) is 68.4. The minimum atomic E-state index is -0.762. The average Bonchev–Trinajstić information content (AvgIpc) is 3.35. The van der Waals surface area contributed by atoms with E-state index in [0.29, 0.717) is 19.3 Å². The quantitative estimate of drug-likeness (QED) is 0.0343. The van der Waals surface area contributed by atoms with E-state index < -0.39 is 6.10 Å². The number of hydrogen-bond donors (Lipinski definition) is 0. The molecule has 0 fully saturated rings. The third kappa shape index (κ3) is 57.3. The molecule has 70 heavy (non-hydrogen) atoms. The topological polar surface area (TPSA) is 78.9 Å². The molecule has 0 unspecified atom stereocenters. The molecule has 0 radical (unpaired) electrons. The summed E-state index contributed by atoms with van der Waals surface area (Å²) in [4.78, 5) is 38.3.